The molecule has 0 aliphatic heterocycles. The number of carboxylic acid groups (broad SMARTS) is 1. The van der Waals surface area contributed by atoms with Crippen LogP contribution in [0.25, 0.3) is 10.7 Å². The van der Waals surface area contributed by atoms with E-state index in [0.29, 0.717) is 25.2 Å². The van der Waals surface area contributed by atoms with E-state index in [-0.39, 0.29) is 0 Å². The van der Waals surface area contributed by atoms with Gasteiger partial charge in [-0.05, 0) is 41.2 Å². The molecule has 9 heteroatoms. The number of carbonyl (C=O) groups is 1. The number of hydrogen-bond acceptors (Lipinski definition) is 7. The van der Waals surface area contributed by atoms with Gasteiger partial charge < -0.3 is 5.11 Å². The highest BCUT2D eigenvalue weighted by molar-refractivity contribution is 7.09. The van der Waals surface area contributed by atoms with Gasteiger partial charge in [-0.2, -0.15) is 0 Å². The fourth-order valence-corrected chi connectivity index (χ4v) is 2.70. The van der Waals surface area contributed by atoms with Crippen LogP contribution in [0.15, 0.2) is 0 Å². The van der Waals surface area contributed by atoms with Gasteiger partial charge in [-0.25, -0.2) is 4.68 Å². The van der Waals surface area contributed by atoms with Crippen molar-refractivity contribution in [3.8, 4) is 10.7 Å². The average molecular weight is 280 g/mol. The molecule has 0 aromatic carbocycles. The summed E-state index contributed by atoms with van der Waals surface area (Å²) < 4.78 is 5.45. The van der Waals surface area contributed by atoms with E-state index in [1.165, 1.54) is 11.5 Å². The summed E-state index contributed by atoms with van der Waals surface area (Å²) in [6.45, 7) is 2.28. The molecule has 100 valence electrons. The molecule has 3 rings (SSSR count). The number of hydrogen-bond donors (Lipinski definition) is 1. The first-order valence-corrected chi connectivity index (χ1v) is 6.75. The van der Waals surface area contributed by atoms with Crippen molar-refractivity contribution < 1.29 is 9.90 Å². The highest BCUT2D eigenvalue weighted by Crippen LogP contribution is 2.47. The largest absolute Gasteiger partial charge is 0.481 e. The maximum absolute atomic E-state index is 11.2. The minimum Gasteiger partial charge on any atom is -0.481 e. The van der Waals surface area contributed by atoms with Gasteiger partial charge >= 0.3 is 5.97 Å². The molecular weight excluding hydrogens is 268 g/mol. The van der Waals surface area contributed by atoms with E-state index < -0.39 is 11.4 Å². The molecule has 2 aromatic rings. The number of carboxylic acids is 1. The highest BCUT2D eigenvalue weighted by atomic mass is 32.1. The lowest BCUT2D eigenvalue weighted by molar-refractivity contribution is -0.144. The number of aliphatic carboxylic acids is 1. The smallest absolute Gasteiger partial charge is 0.311 e. The minimum absolute atomic E-state index is 0.297. The van der Waals surface area contributed by atoms with Gasteiger partial charge in [0.25, 0.3) is 0 Å². The van der Waals surface area contributed by atoms with Crippen LogP contribution in [0.1, 0.15) is 25.5 Å². The predicted molar refractivity (Wildman–Crippen MR) is 65.4 cm³/mol. The molecule has 2 aromatic heterocycles. The Kier molecular flexibility index (Phi) is 2.77. The standard InChI is InChI=1S/C10H12N6O2S/c1-2-6-7(19-15-11-6)8-12-13-14-16(8)5-10(3-4-10)9(17)18/h2-5H2,1H3,(H,17,18). The normalized spacial score (nSPS) is 16.5. The lowest BCUT2D eigenvalue weighted by Gasteiger charge is -2.10. The van der Waals surface area contributed by atoms with Crippen LogP contribution in [0.3, 0.4) is 0 Å². The zero-order valence-corrected chi connectivity index (χ0v) is 11.1. The van der Waals surface area contributed by atoms with Gasteiger partial charge in [-0.3, -0.25) is 4.79 Å². The monoisotopic (exact) mass is 280 g/mol. The van der Waals surface area contributed by atoms with E-state index in [2.05, 4.69) is 25.1 Å². The van der Waals surface area contributed by atoms with Crippen molar-refractivity contribution in [2.45, 2.75) is 32.7 Å². The number of tetrazole rings is 1. The molecule has 0 amide bonds. The quantitative estimate of drug-likeness (QED) is 0.855. The molecule has 8 nitrogen and oxygen atoms in total. The first-order valence-electron chi connectivity index (χ1n) is 5.97. The van der Waals surface area contributed by atoms with Gasteiger partial charge in [0.05, 0.1) is 17.7 Å². The maximum atomic E-state index is 11.2. The number of aromatic nitrogens is 6. The Morgan fingerprint density at radius 1 is 1.47 bits per heavy atom. The van der Waals surface area contributed by atoms with Crippen LogP contribution in [0.2, 0.25) is 0 Å². The van der Waals surface area contributed by atoms with E-state index in [0.717, 1.165) is 17.0 Å². The van der Waals surface area contributed by atoms with Gasteiger partial charge in [0.1, 0.15) is 4.88 Å². The van der Waals surface area contributed by atoms with Crippen molar-refractivity contribution in [1.82, 2.24) is 29.8 Å². The second-order valence-electron chi connectivity index (χ2n) is 4.65. The van der Waals surface area contributed by atoms with E-state index >= 15 is 0 Å². The number of nitrogens with zero attached hydrogens (tertiary/aromatic N) is 6. The third-order valence-electron chi connectivity index (χ3n) is 3.39. The molecule has 0 unspecified atom stereocenters. The Morgan fingerprint density at radius 2 is 2.26 bits per heavy atom. The second kappa shape index (κ2) is 4.34. The van der Waals surface area contributed by atoms with Crippen LogP contribution < -0.4 is 0 Å². The highest BCUT2D eigenvalue weighted by Gasteiger charge is 2.51. The van der Waals surface area contributed by atoms with Crippen molar-refractivity contribution >= 4 is 17.5 Å². The number of aryl methyl sites for hydroxylation is 1. The van der Waals surface area contributed by atoms with Gasteiger partial charge in [0, 0.05) is 0 Å². The summed E-state index contributed by atoms with van der Waals surface area (Å²) in [4.78, 5) is 12.0. The van der Waals surface area contributed by atoms with Gasteiger partial charge in [-0.15, -0.1) is 10.2 Å². The molecular formula is C10H12N6O2S. The topological polar surface area (TPSA) is 107 Å². The van der Waals surface area contributed by atoms with Crippen LogP contribution in [0.5, 0.6) is 0 Å². The van der Waals surface area contributed by atoms with E-state index in [1.54, 1.807) is 4.68 Å². The van der Waals surface area contributed by atoms with Crippen LogP contribution >= 0.6 is 11.5 Å². The van der Waals surface area contributed by atoms with Gasteiger partial charge in [-0.1, -0.05) is 11.4 Å². The zero-order chi connectivity index (χ0) is 13.5. The van der Waals surface area contributed by atoms with Crippen molar-refractivity contribution in [2.75, 3.05) is 0 Å². The van der Waals surface area contributed by atoms with Crippen LogP contribution in [-0.2, 0) is 17.8 Å². The third kappa shape index (κ3) is 1.99. The van der Waals surface area contributed by atoms with Gasteiger partial charge in [0.15, 0.2) is 5.82 Å². The molecule has 1 N–H and O–H groups in total. The first-order chi connectivity index (χ1) is 9.16. The van der Waals surface area contributed by atoms with Crippen molar-refractivity contribution in [2.24, 2.45) is 5.41 Å². The van der Waals surface area contributed by atoms with Crippen molar-refractivity contribution in [3.05, 3.63) is 5.69 Å². The summed E-state index contributed by atoms with van der Waals surface area (Å²) in [6, 6.07) is 0. The summed E-state index contributed by atoms with van der Waals surface area (Å²) in [5, 5.41) is 24.8. The van der Waals surface area contributed by atoms with E-state index in [4.69, 9.17) is 0 Å². The predicted octanol–water partition coefficient (Wildman–Crippen LogP) is 0.619. The molecule has 0 atom stereocenters. The molecule has 0 bridgehead atoms. The Balaban J connectivity index is 1.93. The Labute approximate surface area is 112 Å². The lowest BCUT2D eigenvalue weighted by atomic mass is 10.1. The molecule has 2 heterocycles. The second-order valence-corrected chi connectivity index (χ2v) is 5.40. The molecule has 0 radical (unpaired) electrons. The van der Waals surface area contributed by atoms with Crippen LogP contribution in [0, 0.1) is 5.41 Å². The van der Waals surface area contributed by atoms with E-state index in [9.17, 15) is 9.90 Å². The summed E-state index contributed by atoms with van der Waals surface area (Å²) in [5.41, 5.74) is 0.135. The Hall–Kier alpha value is -1.90. The fourth-order valence-electron chi connectivity index (χ4n) is 1.96. The van der Waals surface area contributed by atoms with Crippen LogP contribution in [-0.4, -0.2) is 40.9 Å². The minimum atomic E-state index is -0.785. The molecule has 1 saturated carbocycles. The zero-order valence-electron chi connectivity index (χ0n) is 10.3. The molecule has 0 saturated heterocycles. The maximum Gasteiger partial charge on any atom is 0.311 e. The van der Waals surface area contributed by atoms with Crippen LogP contribution in [0.4, 0.5) is 0 Å². The lowest BCUT2D eigenvalue weighted by Crippen LogP contribution is -2.22. The molecule has 1 aliphatic carbocycles. The summed E-state index contributed by atoms with van der Waals surface area (Å²) >= 11 is 1.23. The first kappa shape index (κ1) is 12.2. The molecule has 0 spiro atoms. The Bertz CT molecular complexity index is 617. The van der Waals surface area contributed by atoms with Crippen molar-refractivity contribution in [1.29, 1.82) is 0 Å². The Morgan fingerprint density at radius 3 is 2.89 bits per heavy atom. The molecule has 1 aliphatic rings. The van der Waals surface area contributed by atoms with Gasteiger partial charge in [0.2, 0.25) is 0 Å². The third-order valence-corrected chi connectivity index (χ3v) is 4.15. The summed E-state index contributed by atoms with van der Waals surface area (Å²) in [6.07, 6.45) is 2.08. The summed E-state index contributed by atoms with van der Waals surface area (Å²) in [7, 11) is 0. The average Bonchev–Trinajstić information content (AvgIpc) is 2.84. The summed E-state index contributed by atoms with van der Waals surface area (Å²) in [5.74, 6) is -0.230. The fraction of sp³-hybridized carbons (Fsp3) is 0.600. The van der Waals surface area contributed by atoms with E-state index in [1.807, 2.05) is 6.92 Å². The SMILES string of the molecule is CCc1nnsc1-c1nnnn1CC1(C(=O)O)CC1. The molecule has 1 fully saturated rings. The molecule has 19 heavy (non-hydrogen) atoms. The number of rotatable bonds is 5. The van der Waals surface area contributed by atoms with Crippen molar-refractivity contribution in [3.63, 3.8) is 0 Å².